The topological polar surface area (TPSA) is 48.5 Å². The number of hydrogen-bond donors (Lipinski definition) is 1. The predicted molar refractivity (Wildman–Crippen MR) is 76.2 cm³/mol. The number of rotatable bonds is 4. The maximum absolute atomic E-state index is 11.8. The molecule has 2 heterocycles. The second kappa shape index (κ2) is 6.63. The molecule has 1 aliphatic rings. The van der Waals surface area contributed by atoms with Gasteiger partial charge in [0.05, 0.1) is 0 Å². The molecule has 1 aliphatic heterocycles. The zero-order valence-corrected chi connectivity index (χ0v) is 11.7. The molecule has 104 valence electrons. The fourth-order valence-corrected chi connectivity index (χ4v) is 2.14. The number of pyridine rings is 1. The number of nitrogens with one attached hydrogen (secondary N) is 1. The van der Waals surface area contributed by atoms with E-state index in [1.165, 1.54) is 0 Å². The Labute approximate surface area is 114 Å². The van der Waals surface area contributed by atoms with E-state index in [-0.39, 0.29) is 5.91 Å². The highest BCUT2D eigenvalue weighted by molar-refractivity contribution is 5.89. The first-order valence-electron chi connectivity index (χ1n) is 6.77. The van der Waals surface area contributed by atoms with Crippen LogP contribution < -0.4 is 5.32 Å². The van der Waals surface area contributed by atoms with Gasteiger partial charge in [-0.25, -0.2) is 4.98 Å². The summed E-state index contributed by atoms with van der Waals surface area (Å²) < 4.78 is 0. The van der Waals surface area contributed by atoms with Crippen LogP contribution in [0.3, 0.4) is 0 Å². The van der Waals surface area contributed by atoms with Crippen LogP contribution in [0.4, 0.5) is 5.82 Å². The molecule has 0 aliphatic carbocycles. The van der Waals surface area contributed by atoms with Crippen molar-refractivity contribution in [2.24, 2.45) is 0 Å². The molecule has 0 radical (unpaired) electrons. The van der Waals surface area contributed by atoms with E-state index >= 15 is 0 Å². The highest BCUT2D eigenvalue weighted by atomic mass is 16.1. The van der Waals surface area contributed by atoms with E-state index in [1.807, 2.05) is 19.1 Å². The van der Waals surface area contributed by atoms with E-state index in [2.05, 4.69) is 27.1 Å². The summed E-state index contributed by atoms with van der Waals surface area (Å²) in [6, 6.07) is 3.80. The van der Waals surface area contributed by atoms with Crippen molar-refractivity contribution in [2.75, 3.05) is 45.1 Å². The Bertz CT molecular complexity index is 427. The zero-order chi connectivity index (χ0) is 13.7. The summed E-state index contributed by atoms with van der Waals surface area (Å²) in [6.45, 7) is 7.08. The van der Waals surface area contributed by atoms with Crippen LogP contribution in [-0.2, 0) is 4.79 Å². The van der Waals surface area contributed by atoms with Gasteiger partial charge in [-0.2, -0.15) is 0 Å². The zero-order valence-electron chi connectivity index (χ0n) is 11.7. The van der Waals surface area contributed by atoms with Gasteiger partial charge in [0.2, 0.25) is 5.91 Å². The van der Waals surface area contributed by atoms with Crippen molar-refractivity contribution in [1.82, 2.24) is 14.8 Å². The van der Waals surface area contributed by atoms with Crippen molar-refractivity contribution >= 4 is 11.7 Å². The van der Waals surface area contributed by atoms with Crippen LogP contribution in [0.1, 0.15) is 12.0 Å². The summed E-state index contributed by atoms with van der Waals surface area (Å²) in [7, 11) is 2.13. The Morgan fingerprint density at radius 2 is 2.11 bits per heavy atom. The number of hydrogen-bond acceptors (Lipinski definition) is 4. The molecule has 1 N–H and O–H groups in total. The lowest BCUT2D eigenvalue weighted by Crippen LogP contribution is -2.45. The smallest absolute Gasteiger partial charge is 0.226 e. The third-order valence-electron chi connectivity index (χ3n) is 3.43. The minimum atomic E-state index is 0.0389. The average Bonchev–Trinajstić information content (AvgIpc) is 2.38. The Morgan fingerprint density at radius 3 is 2.79 bits per heavy atom. The van der Waals surface area contributed by atoms with Crippen LogP contribution in [0.25, 0.3) is 0 Å². The molecule has 0 bridgehead atoms. The third-order valence-corrected chi connectivity index (χ3v) is 3.43. The first kappa shape index (κ1) is 14.0. The largest absolute Gasteiger partial charge is 0.311 e. The molecule has 5 nitrogen and oxygen atoms in total. The van der Waals surface area contributed by atoms with Crippen molar-refractivity contribution in [2.45, 2.75) is 13.3 Å². The second-order valence-electron chi connectivity index (χ2n) is 5.16. The van der Waals surface area contributed by atoms with Gasteiger partial charge in [-0.05, 0) is 31.7 Å². The van der Waals surface area contributed by atoms with E-state index in [9.17, 15) is 4.79 Å². The molecule has 0 spiro atoms. The van der Waals surface area contributed by atoms with E-state index in [0.29, 0.717) is 12.2 Å². The summed E-state index contributed by atoms with van der Waals surface area (Å²) >= 11 is 0. The molecule has 2 rings (SSSR count). The average molecular weight is 262 g/mol. The number of carbonyl (C=O) groups is 1. The highest BCUT2D eigenvalue weighted by Gasteiger charge is 2.14. The van der Waals surface area contributed by atoms with E-state index in [4.69, 9.17) is 0 Å². The van der Waals surface area contributed by atoms with Gasteiger partial charge in [-0.15, -0.1) is 0 Å². The molecule has 0 saturated carbocycles. The van der Waals surface area contributed by atoms with Crippen molar-refractivity contribution in [3.05, 3.63) is 23.9 Å². The Hall–Kier alpha value is -1.46. The fraction of sp³-hybridized carbons (Fsp3) is 0.571. The molecule has 1 aromatic heterocycles. The minimum absolute atomic E-state index is 0.0389. The van der Waals surface area contributed by atoms with E-state index in [0.717, 1.165) is 38.3 Å². The van der Waals surface area contributed by atoms with Crippen molar-refractivity contribution in [1.29, 1.82) is 0 Å². The number of anilines is 1. The van der Waals surface area contributed by atoms with Gasteiger partial charge in [0.25, 0.3) is 0 Å². The summed E-state index contributed by atoms with van der Waals surface area (Å²) in [5.41, 5.74) is 1.10. The molecule has 1 amide bonds. The molecule has 1 saturated heterocycles. The van der Waals surface area contributed by atoms with Crippen LogP contribution in [0.15, 0.2) is 18.3 Å². The number of amides is 1. The third kappa shape index (κ3) is 4.61. The highest BCUT2D eigenvalue weighted by Crippen LogP contribution is 2.06. The van der Waals surface area contributed by atoms with Crippen molar-refractivity contribution < 1.29 is 4.79 Å². The second-order valence-corrected chi connectivity index (χ2v) is 5.16. The molecule has 19 heavy (non-hydrogen) atoms. The normalized spacial score (nSPS) is 17.4. The van der Waals surface area contributed by atoms with Gasteiger partial charge >= 0.3 is 0 Å². The van der Waals surface area contributed by atoms with Crippen molar-refractivity contribution in [3.8, 4) is 0 Å². The number of nitrogens with zero attached hydrogens (tertiary/aromatic N) is 3. The Kier molecular flexibility index (Phi) is 4.87. The molecular weight excluding hydrogens is 240 g/mol. The summed E-state index contributed by atoms with van der Waals surface area (Å²) in [6.07, 6.45) is 2.24. The molecule has 0 atom stereocenters. The molecule has 0 unspecified atom stereocenters. The summed E-state index contributed by atoms with van der Waals surface area (Å²) in [5.74, 6) is 0.681. The van der Waals surface area contributed by atoms with Gasteiger partial charge in [-0.1, -0.05) is 0 Å². The first-order valence-corrected chi connectivity index (χ1v) is 6.77. The molecule has 0 aromatic carbocycles. The van der Waals surface area contributed by atoms with Crippen LogP contribution >= 0.6 is 0 Å². The van der Waals surface area contributed by atoms with Gasteiger partial charge in [-0.3, -0.25) is 4.79 Å². The molecule has 1 fully saturated rings. The van der Waals surface area contributed by atoms with Gasteiger partial charge in [0.15, 0.2) is 0 Å². The number of carbonyl (C=O) groups excluding carboxylic acids is 1. The predicted octanol–water partition coefficient (Wildman–Crippen LogP) is 0.966. The monoisotopic (exact) mass is 262 g/mol. The first-order chi connectivity index (χ1) is 9.13. The van der Waals surface area contributed by atoms with Crippen LogP contribution in [0.5, 0.6) is 0 Å². The quantitative estimate of drug-likeness (QED) is 0.878. The van der Waals surface area contributed by atoms with Gasteiger partial charge in [0.1, 0.15) is 5.82 Å². The van der Waals surface area contributed by atoms with Crippen molar-refractivity contribution in [3.63, 3.8) is 0 Å². The fourth-order valence-electron chi connectivity index (χ4n) is 2.14. The lowest BCUT2D eigenvalue weighted by Gasteiger charge is -2.32. The Morgan fingerprint density at radius 1 is 1.37 bits per heavy atom. The van der Waals surface area contributed by atoms with Gasteiger partial charge in [0, 0.05) is 45.3 Å². The van der Waals surface area contributed by atoms with Crippen LogP contribution in [0, 0.1) is 6.92 Å². The summed E-state index contributed by atoms with van der Waals surface area (Å²) in [5, 5.41) is 2.84. The lowest BCUT2D eigenvalue weighted by atomic mass is 10.3. The van der Waals surface area contributed by atoms with Crippen LogP contribution in [0.2, 0.25) is 0 Å². The molecule has 1 aromatic rings. The van der Waals surface area contributed by atoms with Crippen LogP contribution in [-0.4, -0.2) is 60.5 Å². The van der Waals surface area contributed by atoms with E-state index < -0.39 is 0 Å². The number of piperazine rings is 1. The number of likely N-dealkylation sites (N-methyl/N-ethyl adjacent to an activating group) is 1. The van der Waals surface area contributed by atoms with Gasteiger partial charge < -0.3 is 15.1 Å². The standard InChI is InChI=1S/C14H22N4O/c1-12-3-5-15-13(11-12)16-14(19)4-6-18-9-7-17(2)8-10-18/h3,5,11H,4,6-10H2,1-2H3,(H,15,16,19). The number of aromatic nitrogens is 1. The summed E-state index contributed by atoms with van der Waals surface area (Å²) in [4.78, 5) is 20.6. The molecular formula is C14H22N4O. The van der Waals surface area contributed by atoms with E-state index in [1.54, 1.807) is 6.20 Å². The maximum Gasteiger partial charge on any atom is 0.226 e. The lowest BCUT2D eigenvalue weighted by molar-refractivity contribution is -0.116. The number of aryl methyl sites for hydroxylation is 1. The maximum atomic E-state index is 11.8. The SMILES string of the molecule is Cc1ccnc(NC(=O)CCN2CCN(C)CC2)c1. The minimum Gasteiger partial charge on any atom is -0.311 e. The molecule has 5 heteroatoms. The Balaban J connectivity index is 1.73.